The number of rotatable bonds is 3. The van der Waals surface area contributed by atoms with Gasteiger partial charge in [-0.2, -0.15) is 0 Å². The van der Waals surface area contributed by atoms with Gasteiger partial charge in [0.2, 0.25) is 0 Å². The molecule has 1 aromatic carbocycles. The summed E-state index contributed by atoms with van der Waals surface area (Å²) in [6.45, 7) is 4.02. The predicted molar refractivity (Wildman–Crippen MR) is 89.6 cm³/mol. The van der Waals surface area contributed by atoms with E-state index in [1.165, 1.54) is 17.4 Å². The molecule has 2 saturated heterocycles. The second-order valence-electron chi connectivity index (χ2n) is 6.90. The van der Waals surface area contributed by atoms with E-state index in [0.29, 0.717) is 6.61 Å². The van der Waals surface area contributed by atoms with Crippen LogP contribution in [0.2, 0.25) is 0 Å². The Morgan fingerprint density at radius 1 is 1.50 bits per heavy atom. The summed E-state index contributed by atoms with van der Waals surface area (Å²) in [6.07, 6.45) is 1.75. The minimum Gasteiger partial charge on any atom is -0.377 e. The molecule has 1 unspecified atom stereocenters. The molecule has 3 heterocycles. The summed E-state index contributed by atoms with van der Waals surface area (Å²) in [5.74, 6) is -0.130. The van der Waals surface area contributed by atoms with Crippen molar-refractivity contribution < 1.29 is 13.9 Å². The van der Waals surface area contributed by atoms with Crippen molar-refractivity contribution in [2.75, 3.05) is 19.7 Å². The van der Waals surface area contributed by atoms with E-state index in [4.69, 9.17) is 4.74 Å². The Morgan fingerprint density at radius 2 is 2.33 bits per heavy atom. The first-order valence-electron chi connectivity index (χ1n) is 8.10. The SMILES string of the molecule is Cc1ncsc1C(=O)N1CC2(COC(Cc3cccc(F)c3)C2)C1. The van der Waals surface area contributed by atoms with Crippen molar-refractivity contribution in [2.45, 2.75) is 25.9 Å². The van der Waals surface area contributed by atoms with Crippen LogP contribution in [0.1, 0.15) is 27.3 Å². The number of hydrogen-bond acceptors (Lipinski definition) is 4. The Labute approximate surface area is 144 Å². The highest BCUT2D eigenvalue weighted by Gasteiger charge is 2.50. The molecule has 1 atom stereocenters. The van der Waals surface area contributed by atoms with Crippen molar-refractivity contribution in [3.8, 4) is 0 Å². The Bertz CT molecular complexity index is 770. The molecule has 2 aromatic rings. The van der Waals surface area contributed by atoms with Crippen molar-refractivity contribution in [3.63, 3.8) is 0 Å². The molecular weight excluding hydrogens is 327 g/mol. The largest absolute Gasteiger partial charge is 0.377 e. The molecule has 0 bridgehead atoms. The van der Waals surface area contributed by atoms with Gasteiger partial charge in [0.25, 0.3) is 5.91 Å². The second kappa shape index (κ2) is 5.93. The van der Waals surface area contributed by atoms with E-state index in [9.17, 15) is 9.18 Å². The summed E-state index contributed by atoms with van der Waals surface area (Å²) in [5.41, 5.74) is 3.56. The van der Waals surface area contributed by atoms with Gasteiger partial charge in [-0.05, 0) is 37.5 Å². The fourth-order valence-electron chi connectivity index (χ4n) is 3.73. The zero-order valence-electron chi connectivity index (χ0n) is 13.5. The molecule has 4 nitrogen and oxygen atoms in total. The summed E-state index contributed by atoms with van der Waals surface area (Å²) >= 11 is 1.40. The van der Waals surface area contributed by atoms with E-state index in [-0.39, 0.29) is 23.2 Å². The molecule has 4 rings (SSSR count). The van der Waals surface area contributed by atoms with E-state index in [2.05, 4.69) is 4.98 Å². The Balaban J connectivity index is 1.35. The number of halogens is 1. The third-order valence-electron chi connectivity index (χ3n) is 4.92. The Hall–Kier alpha value is -1.79. The molecule has 0 saturated carbocycles. The smallest absolute Gasteiger partial charge is 0.265 e. The number of thiazole rings is 1. The predicted octanol–water partition coefficient (Wildman–Crippen LogP) is 3.06. The lowest BCUT2D eigenvalue weighted by molar-refractivity contribution is -0.00107. The molecule has 2 aliphatic rings. The summed E-state index contributed by atoms with van der Waals surface area (Å²) in [5, 5.41) is 0. The second-order valence-corrected chi connectivity index (χ2v) is 7.75. The Morgan fingerprint density at radius 3 is 3.04 bits per heavy atom. The fraction of sp³-hybridized carbons (Fsp3) is 0.444. The van der Waals surface area contributed by atoms with Crippen LogP contribution in [0.25, 0.3) is 0 Å². The molecule has 1 spiro atoms. The lowest BCUT2D eigenvalue weighted by Gasteiger charge is -2.47. The maximum atomic E-state index is 13.3. The fourth-order valence-corrected chi connectivity index (χ4v) is 4.50. The monoisotopic (exact) mass is 346 g/mol. The van der Waals surface area contributed by atoms with Crippen LogP contribution in [-0.4, -0.2) is 41.6 Å². The molecule has 0 radical (unpaired) electrons. The zero-order valence-corrected chi connectivity index (χ0v) is 14.3. The number of carbonyl (C=O) groups is 1. The van der Waals surface area contributed by atoms with Gasteiger partial charge in [0.15, 0.2) is 0 Å². The minimum absolute atomic E-state index is 0.0756. The molecule has 0 N–H and O–H groups in total. The molecule has 2 aliphatic heterocycles. The third kappa shape index (κ3) is 2.84. The molecule has 24 heavy (non-hydrogen) atoms. The van der Waals surface area contributed by atoms with Gasteiger partial charge in [0.1, 0.15) is 10.7 Å². The first-order chi connectivity index (χ1) is 11.5. The van der Waals surface area contributed by atoms with Crippen LogP contribution in [0.4, 0.5) is 4.39 Å². The van der Waals surface area contributed by atoms with E-state index in [0.717, 1.165) is 42.1 Å². The molecule has 0 aliphatic carbocycles. The maximum absolute atomic E-state index is 13.3. The highest BCUT2D eigenvalue weighted by Crippen LogP contribution is 2.42. The molecule has 2 fully saturated rings. The lowest BCUT2D eigenvalue weighted by atomic mass is 9.77. The number of amides is 1. The highest BCUT2D eigenvalue weighted by molar-refractivity contribution is 7.11. The van der Waals surface area contributed by atoms with Crippen LogP contribution in [0.3, 0.4) is 0 Å². The van der Waals surface area contributed by atoms with Crippen LogP contribution < -0.4 is 0 Å². The number of nitrogens with zero attached hydrogens (tertiary/aromatic N) is 2. The van der Waals surface area contributed by atoms with Gasteiger partial charge in [-0.3, -0.25) is 4.79 Å². The molecule has 1 amide bonds. The summed E-state index contributed by atoms with van der Waals surface area (Å²) in [4.78, 5) is 19.2. The standard InChI is InChI=1S/C18H19FN2O2S/c1-12-16(24-11-20-12)17(22)21-8-18(9-21)7-15(23-10-18)6-13-3-2-4-14(19)5-13/h2-5,11,15H,6-10H2,1H3. The van der Waals surface area contributed by atoms with Gasteiger partial charge in [0.05, 0.1) is 23.9 Å². The maximum Gasteiger partial charge on any atom is 0.265 e. The van der Waals surface area contributed by atoms with E-state index in [1.54, 1.807) is 17.6 Å². The number of aryl methyl sites for hydroxylation is 1. The van der Waals surface area contributed by atoms with Crippen molar-refractivity contribution in [3.05, 3.63) is 51.7 Å². The van der Waals surface area contributed by atoms with Crippen molar-refractivity contribution >= 4 is 17.2 Å². The lowest BCUT2D eigenvalue weighted by Crippen LogP contribution is -2.58. The van der Waals surface area contributed by atoms with Crippen molar-refractivity contribution in [1.29, 1.82) is 0 Å². The first kappa shape index (κ1) is 15.7. The van der Waals surface area contributed by atoms with Gasteiger partial charge in [0, 0.05) is 18.5 Å². The number of benzene rings is 1. The number of aromatic nitrogens is 1. The quantitative estimate of drug-likeness (QED) is 0.858. The van der Waals surface area contributed by atoms with E-state index < -0.39 is 0 Å². The zero-order chi connectivity index (χ0) is 16.7. The van der Waals surface area contributed by atoms with Crippen LogP contribution in [0, 0.1) is 18.2 Å². The van der Waals surface area contributed by atoms with E-state index >= 15 is 0 Å². The average Bonchev–Trinajstić information content (AvgIpc) is 3.12. The van der Waals surface area contributed by atoms with Gasteiger partial charge < -0.3 is 9.64 Å². The third-order valence-corrected chi connectivity index (χ3v) is 5.83. The summed E-state index contributed by atoms with van der Waals surface area (Å²) in [7, 11) is 0. The van der Waals surface area contributed by atoms with Crippen LogP contribution in [0.15, 0.2) is 29.8 Å². The van der Waals surface area contributed by atoms with Gasteiger partial charge >= 0.3 is 0 Å². The van der Waals surface area contributed by atoms with Crippen molar-refractivity contribution in [2.24, 2.45) is 5.41 Å². The van der Waals surface area contributed by atoms with Crippen molar-refractivity contribution in [1.82, 2.24) is 9.88 Å². The first-order valence-corrected chi connectivity index (χ1v) is 8.98. The molecular formula is C18H19FN2O2S. The average molecular weight is 346 g/mol. The molecule has 6 heteroatoms. The van der Waals surface area contributed by atoms with E-state index in [1.807, 2.05) is 17.9 Å². The Kier molecular flexibility index (Phi) is 3.89. The van der Waals surface area contributed by atoms with Crippen LogP contribution in [0.5, 0.6) is 0 Å². The van der Waals surface area contributed by atoms with Crippen LogP contribution in [-0.2, 0) is 11.2 Å². The van der Waals surface area contributed by atoms with Gasteiger partial charge in [-0.15, -0.1) is 11.3 Å². The number of carbonyl (C=O) groups excluding carboxylic acids is 1. The number of hydrogen-bond donors (Lipinski definition) is 0. The molecule has 126 valence electrons. The van der Waals surface area contributed by atoms with Gasteiger partial charge in [-0.25, -0.2) is 9.37 Å². The van der Waals surface area contributed by atoms with Gasteiger partial charge in [-0.1, -0.05) is 12.1 Å². The summed E-state index contributed by atoms with van der Waals surface area (Å²) in [6, 6.07) is 6.69. The normalized spacial score (nSPS) is 21.9. The number of ether oxygens (including phenoxy) is 1. The minimum atomic E-state index is -0.208. The molecule has 1 aromatic heterocycles. The number of likely N-dealkylation sites (tertiary alicyclic amines) is 1. The topological polar surface area (TPSA) is 42.4 Å². The summed E-state index contributed by atoms with van der Waals surface area (Å²) < 4.78 is 19.2. The highest BCUT2D eigenvalue weighted by atomic mass is 32.1. The van der Waals surface area contributed by atoms with Crippen LogP contribution >= 0.6 is 11.3 Å².